The van der Waals surface area contributed by atoms with Crippen molar-refractivity contribution in [2.24, 2.45) is 5.92 Å². The van der Waals surface area contributed by atoms with Crippen molar-refractivity contribution in [2.75, 3.05) is 13.1 Å². The molecule has 0 saturated heterocycles. The Kier molecular flexibility index (Phi) is 3.97. The van der Waals surface area contributed by atoms with Crippen LogP contribution in [0.3, 0.4) is 0 Å². The van der Waals surface area contributed by atoms with Gasteiger partial charge in [0.2, 0.25) is 0 Å². The van der Waals surface area contributed by atoms with Crippen molar-refractivity contribution in [1.82, 2.24) is 4.90 Å². The Morgan fingerprint density at radius 1 is 1.44 bits per heavy atom. The summed E-state index contributed by atoms with van der Waals surface area (Å²) in [5.74, 6) is -0.449. The fraction of sp³-hybridized carbons (Fsp3) is 0.500. The highest BCUT2D eigenvalue weighted by atomic mass is 19.1. The number of carboxylic acid groups (broad SMARTS) is 1. The predicted octanol–water partition coefficient (Wildman–Crippen LogP) is 2.68. The molecule has 1 unspecified atom stereocenters. The molecule has 18 heavy (non-hydrogen) atoms. The second-order valence-corrected chi connectivity index (χ2v) is 4.99. The smallest absolute Gasteiger partial charge is 0.317 e. The number of nitrogens with zero attached hydrogens (tertiary/aromatic N) is 1. The Labute approximate surface area is 106 Å². The minimum atomic E-state index is -0.815. The number of hydrogen-bond donors (Lipinski definition) is 1. The maximum Gasteiger partial charge on any atom is 0.317 e. The van der Waals surface area contributed by atoms with Gasteiger partial charge in [-0.3, -0.25) is 9.69 Å². The van der Waals surface area contributed by atoms with E-state index in [1.807, 2.05) is 11.8 Å². The number of halogens is 1. The average molecular weight is 251 g/mol. The summed E-state index contributed by atoms with van der Waals surface area (Å²) in [4.78, 5) is 12.9. The largest absolute Gasteiger partial charge is 0.480 e. The fourth-order valence-corrected chi connectivity index (χ4v) is 2.12. The zero-order valence-corrected chi connectivity index (χ0v) is 10.5. The second-order valence-electron chi connectivity index (χ2n) is 4.99. The van der Waals surface area contributed by atoms with E-state index in [0.29, 0.717) is 5.92 Å². The van der Waals surface area contributed by atoms with E-state index in [2.05, 4.69) is 0 Å². The number of carbonyl (C=O) groups is 1. The second kappa shape index (κ2) is 5.48. The maximum atomic E-state index is 12.9. The zero-order valence-electron chi connectivity index (χ0n) is 10.5. The van der Waals surface area contributed by atoms with Gasteiger partial charge < -0.3 is 5.11 Å². The van der Waals surface area contributed by atoms with Gasteiger partial charge in [0.05, 0.1) is 6.54 Å². The molecule has 1 aliphatic carbocycles. The van der Waals surface area contributed by atoms with Gasteiger partial charge >= 0.3 is 5.97 Å². The Bertz CT molecular complexity index is 414. The van der Waals surface area contributed by atoms with Crippen LogP contribution in [0.5, 0.6) is 0 Å². The van der Waals surface area contributed by atoms with Gasteiger partial charge in [0.1, 0.15) is 5.82 Å². The van der Waals surface area contributed by atoms with Crippen molar-refractivity contribution in [3.8, 4) is 0 Å². The Balaban J connectivity index is 2.07. The molecule has 0 aliphatic heterocycles. The summed E-state index contributed by atoms with van der Waals surface area (Å²) in [6.07, 6.45) is 2.37. The van der Waals surface area contributed by atoms with Crippen LogP contribution in [-0.4, -0.2) is 29.1 Å². The lowest BCUT2D eigenvalue weighted by Crippen LogP contribution is -2.34. The number of hydrogen-bond acceptors (Lipinski definition) is 2. The molecular formula is C14H18FNO2. The molecule has 98 valence electrons. The normalized spacial score (nSPS) is 16.8. The highest BCUT2D eigenvalue weighted by Gasteiger charge is 2.28. The van der Waals surface area contributed by atoms with Crippen LogP contribution < -0.4 is 0 Å². The van der Waals surface area contributed by atoms with Gasteiger partial charge in [-0.05, 0) is 43.4 Å². The molecule has 2 rings (SSSR count). The third-order valence-electron chi connectivity index (χ3n) is 3.43. The molecule has 1 N–H and O–H groups in total. The minimum absolute atomic E-state index is 0.00213. The summed E-state index contributed by atoms with van der Waals surface area (Å²) >= 11 is 0. The van der Waals surface area contributed by atoms with Crippen molar-refractivity contribution < 1.29 is 14.3 Å². The van der Waals surface area contributed by atoms with Gasteiger partial charge in [-0.1, -0.05) is 12.1 Å². The third-order valence-corrected chi connectivity index (χ3v) is 3.43. The third kappa shape index (κ3) is 3.53. The van der Waals surface area contributed by atoms with E-state index < -0.39 is 5.97 Å². The van der Waals surface area contributed by atoms with E-state index >= 15 is 0 Å². The lowest BCUT2D eigenvalue weighted by atomic mass is 10.1. The van der Waals surface area contributed by atoms with Gasteiger partial charge in [0, 0.05) is 12.6 Å². The predicted molar refractivity (Wildman–Crippen MR) is 66.7 cm³/mol. The molecule has 1 aromatic rings. The first-order valence-electron chi connectivity index (χ1n) is 6.27. The number of carboxylic acids is 1. The molecule has 0 amide bonds. The van der Waals surface area contributed by atoms with Gasteiger partial charge in [-0.2, -0.15) is 0 Å². The number of benzene rings is 1. The maximum absolute atomic E-state index is 12.9. The Morgan fingerprint density at radius 2 is 2.06 bits per heavy atom. The van der Waals surface area contributed by atoms with Crippen LogP contribution in [0.4, 0.5) is 4.39 Å². The van der Waals surface area contributed by atoms with Gasteiger partial charge in [0.15, 0.2) is 0 Å². The van der Waals surface area contributed by atoms with Crippen LogP contribution in [0.25, 0.3) is 0 Å². The standard InChI is InChI=1S/C14H18FNO2/c1-10(12-4-6-13(15)7-5-12)16(9-14(17)18)8-11-2-3-11/h4-7,10-11H,2-3,8-9H2,1H3,(H,17,18). The molecule has 1 fully saturated rings. The number of aliphatic carboxylic acids is 1. The average Bonchev–Trinajstić information content (AvgIpc) is 3.12. The molecule has 1 atom stereocenters. The summed E-state index contributed by atoms with van der Waals surface area (Å²) in [7, 11) is 0. The molecule has 0 aromatic heterocycles. The minimum Gasteiger partial charge on any atom is -0.480 e. The molecular weight excluding hydrogens is 233 g/mol. The molecule has 3 nitrogen and oxygen atoms in total. The van der Waals surface area contributed by atoms with Crippen LogP contribution in [0, 0.1) is 11.7 Å². The van der Waals surface area contributed by atoms with Crippen LogP contribution >= 0.6 is 0 Å². The molecule has 0 heterocycles. The van der Waals surface area contributed by atoms with Crippen LogP contribution in [0.15, 0.2) is 24.3 Å². The summed E-state index contributed by atoms with van der Waals surface area (Å²) in [5.41, 5.74) is 0.957. The summed E-state index contributed by atoms with van der Waals surface area (Å²) in [6.45, 7) is 2.82. The lowest BCUT2D eigenvalue weighted by Gasteiger charge is -2.27. The van der Waals surface area contributed by atoms with Crippen molar-refractivity contribution in [3.05, 3.63) is 35.6 Å². The summed E-state index contributed by atoms with van der Waals surface area (Å²) in [6, 6.07) is 6.29. The van der Waals surface area contributed by atoms with E-state index in [4.69, 9.17) is 5.11 Å². The summed E-state index contributed by atoms with van der Waals surface area (Å²) in [5, 5.41) is 8.96. The Morgan fingerprint density at radius 3 is 2.56 bits per heavy atom. The van der Waals surface area contributed by atoms with Crippen LogP contribution in [0.1, 0.15) is 31.4 Å². The van der Waals surface area contributed by atoms with Crippen molar-refractivity contribution in [3.63, 3.8) is 0 Å². The first-order valence-corrected chi connectivity index (χ1v) is 6.27. The highest BCUT2D eigenvalue weighted by Crippen LogP contribution is 2.32. The van der Waals surface area contributed by atoms with Gasteiger partial charge in [0.25, 0.3) is 0 Å². The Hall–Kier alpha value is -1.42. The monoisotopic (exact) mass is 251 g/mol. The number of rotatable bonds is 6. The molecule has 4 heteroatoms. The first kappa shape index (κ1) is 13.0. The summed E-state index contributed by atoms with van der Waals surface area (Å²) < 4.78 is 12.9. The molecule has 1 aliphatic rings. The van der Waals surface area contributed by atoms with Crippen LogP contribution in [-0.2, 0) is 4.79 Å². The quantitative estimate of drug-likeness (QED) is 0.845. The van der Waals surface area contributed by atoms with Gasteiger partial charge in [-0.15, -0.1) is 0 Å². The van der Waals surface area contributed by atoms with Crippen molar-refractivity contribution >= 4 is 5.97 Å². The van der Waals surface area contributed by atoms with Crippen molar-refractivity contribution in [1.29, 1.82) is 0 Å². The lowest BCUT2D eigenvalue weighted by molar-refractivity contribution is -0.139. The molecule has 0 spiro atoms. The van der Waals surface area contributed by atoms with E-state index in [0.717, 1.165) is 12.1 Å². The van der Waals surface area contributed by atoms with E-state index in [-0.39, 0.29) is 18.4 Å². The fourth-order valence-electron chi connectivity index (χ4n) is 2.12. The molecule has 1 saturated carbocycles. The van der Waals surface area contributed by atoms with Crippen molar-refractivity contribution in [2.45, 2.75) is 25.8 Å². The van der Waals surface area contributed by atoms with E-state index in [1.165, 1.54) is 25.0 Å². The topological polar surface area (TPSA) is 40.5 Å². The first-order chi connectivity index (χ1) is 8.56. The zero-order chi connectivity index (χ0) is 13.1. The van der Waals surface area contributed by atoms with E-state index in [9.17, 15) is 9.18 Å². The SMILES string of the molecule is CC(c1ccc(F)cc1)N(CC(=O)O)CC1CC1. The molecule has 1 aromatic carbocycles. The van der Waals surface area contributed by atoms with Gasteiger partial charge in [-0.25, -0.2) is 4.39 Å². The van der Waals surface area contributed by atoms with Crippen LogP contribution in [0.2, 0.25) is 0 Å². The van der Waals surface area contributed by atoms with E-state index in [1.54, 1.807) is 12.1 Å². The molecule has 0 bridgehead atoms. The highest BCUT2D eigenvalue weighted by molar-refractivity contribution is 5.69. The molecule has 0 radical (unpaired) electrons.